The number of carbonyl (C=O) groups is 1. The maximum atomic E-state index is 11.0. The van der Waals surface area contributed by atoms with Gasteiger partial charge in [0.25, 0.3) is 0 Å². The molecule has 0 aliphatic carbocycles. The van der Waals surface area contributed by atoms with E-state index in [-0.39, 0.29) is 20.7 Å². The predicted octanol–water partition coefficient (Wildman–Crippen LogP) is 1.06. The lowest BCUT2D eigenvalue weighted by Gasteiger charge is -2.22. The highest BCUT2D eigenvalue weighted by Crippen LogP contribution is 2.09. The fourth-order valence-electron chi connectivity index (χ4n) is 0.410. The zero-order chi connectivity index (χ0) is 9.07. The Morgan fingerprint density at radius 3 is 2.27 bits per heavy atom. The molecule has 0 N–H and O–H groups in total. The van der Waals surface area contributed by atoms with Crippen LogP contribution < -0.4 is 0 Å². The first kappa shape index (κ1) is 10.4. The van der Waals surface area contributed by atoms with Crippen molar-refractivity contribution < 1.29 is 9.53 Å². The lowest BCUT2D eigenvalue weighted by molar-refractivity contribution is -0.145. The van der Waals surface area contributed by atoms with Crippen molar-refractivity contribution in [1.29, 1.82) is 0 Å². The van der Waals surface area contributed by atoms with E-state index in [1.54, 1.807) is 6.92 Å². The van der Waals surface area contributed by atoms with Gasteiger partial charge in [-0.1, -0.05) is 13.1 Å². The number of esters is 1. The van der Waals surface area contributed by atoms with E-state index in [0.29, 0.717) is 5.57 Å². The minimum absolute atomic E-state index is 0.226. The van der Waals surface area contributed by atoms with Crippen molar-refractivity contribution in [3.8, 4) is 0 Å². The molecule has 0 unspecified atom stereocenters. The summed E-state index contributed by atoms with van der Waals surface area (Å²) >= 11 is 0. The van der Waals surface area contributed by atoms with Crippen molar-refractivity contribution in [2.24, 2.45) is 0 Å². The van der Waals surface area contributed by atoms with Crippen molar-refractivity contribution in [2.75, 3.05) is 0 Å². The Hall–Kier alpha value is -0.573. The average molecular weight is 172 g/mol. The van der Waals surface area contributed by atoms with Gasteiger partial charge in [-0.3, -0.25) is 0 Å². The molecule has 0 fully saturated rings. The Morgan fingerprint density at radius 2 is 2.00 bits per heavy atom. The van der Waals surface area contributed by atoms with Crippen LogP contribution in [0.3, 0.4) is 0 Å². The van der Waals surface area contributed by atoms with Crippen LogP contribution in [0.2, 0.25) is 6.55 Å². The number of hydrogen-bond donors (Lipinski definition) is 0. The summed E-state index contributed by atoms with van der Waals surface area (Å²) in [6.45, 7) is 11.2. The molecule has 0 saturated carbocycles. The molecule has 64 valence electrons. The zero-order valence-corrected chi connectivity index (χ0v) is 9.14. The summed E-state index contributed by atoms with van der Waals surface area (Å²) in [5.41, 5.74) is 0.473. The molecule has 0 aromatic carbocycles. The van der Waals surface area contributed by atoms with Crippen LogP contribution in [0, 0.1) is 0 Å². The van der Waals surface area contributed by atoms with Crippen molar-refractivity contribution in [3.63, 3.8) is 0 Å². The van der Waals surface area contributed by atoms with Gasteiger partial charge in [-0.2, -0.15) is 0 Å². The van der Waals surface area contributed by atoms with E-state index in [9.17, 15) is 4.79 Å². The highest BCUT2D eigenvalue weighted by Gasteiger charge is 2.20. The predicted molar refractivity (Wildman–Crippen MR) is 49.4 cm³/mol. The van der Waals surface area contributed by atoms with Gasteiger partial charge in [0.05, 0.1) is 14.7 Å². The van der Waals surface area contributed by atoms with Crippen molar-refractivity contribution in [1.82, 2.24) is 0 Å². The average Bonchev–Trinajstić information content (AvgIpc) is 1.87. The summed E-state index contributed by atoms with van der Waals surface area (Å²) in [5.74, 6) is -0.274. The van der Waals surface area contributed by atoms with Gasteiger partial charge >= 0.3 is 5.97 Å². The SMILES string of the molecule is C=C(C)C(=O)OC(C)(C)[SiH2]C. The largest absolute Gasteiger partial charge is 0.461 e. The number of rotatable bonds is 3. The van der Waals surface area contributed by atoms with Crippen LogP contribution >= 0.6 is 0 Å². The third-order valence-corrected chi connectivity index (χ3v) is 3.42. The summed E-state index contributed by atoms with van der Waals surface area (Å²) in [7, 11) is -0.317. The van der Waals surface area contributed by atoms with Crippen LogP contribution in [0.25, 0.3) is 0 Å². The number of carbonyl (C=O) groups excluding carboxylic acids is 1. The molecule has 0 aromatic heterocycles. The molecular weight excluding hydrogens is 156 g/mol. The first-order chi connectivity index (χ1) is 4.89. The van der Waals surface area contributed by atoms with Gasteiger partial charge < -0.3 is 4.74 Å². The van der Waals surface area contributed by atoms with Crippen molar-refractivity contribution in [3.05, 3.63) is 12.2 Å². The molecule has 0 rings (SSSR count). The second kappa shape index (κ2) is 3.71. The second-order valence-electron chi connectivity index (χ2n) is 3.28. The monoisotopic (exact) mass is 172 g/mol. The molecule has 0 aromatic rings. The normalized spacial score (nSPS) is 12.0. The quantitative estimate of drug-likeness (QED) is 0.361. The summed E-state index contributed by atoms with van der Waals surface area (Å²) in [6.07, 6.45) is 0. The van der Waals surface area contributed by atoms with Crippen LogP contribution in [0.4, 0.5) is 0 Å². The van der Waals surface area contributed by atoms with Gasteiger partial charge in [0.2, 0.25) is 0 Å². The third-order valence-electron chi connectivity index (χ3n) is 1.57. The highest BCUT2D eigenvalue weighted by atomic mass is 28.2. The van der Waals surface area contributed by atoms with Gasteiger partial charge in [0.15, 0.2) is 0 Å². The standard InChI is InChI=1S/C8H16O2Si/c1-6(2)7(9)10-8(3,4)11-5/h1,11H2,2-5H3. The van der Waals surface area contributed by atoms with E-state index in [4.69, 9.17) is 4.74 Å². The summed E-state index contributed by atoms with van der Waals surface area (Å²) in [6, 6.07) is 0. The van der Waals surface area contributed by atoms with Gasteiger partial charge in [-0.25, -0.2) is 4.79 Å². The van der Waals surface area contributed by atoms with Crippen LogP contribution in [-0.2, 0) is 9.53 Å². The molecule has 0 aliphatic rings. The number of ether oxygens (including phenoxy) is 1. The molecule has 0 aliphatic heterocycles. The topological polar surface area (TPSA) is 26.3 Å². The molecule has 0 heterocycles. The number of hydrogen-bond acceptors (Lipinski definition) is 2. The molecule has 2 nitrogen and oxygen atoms in total. The lowest BCUT2D eigenvalue weighted by Crippen LogP contribution is -2.33. The first-order valence-corrected chi connectivity index (χ1v) is 5.90. The Morgan fingerprint density at radius 1 is 1.55 bits per heavy atom. The van der Waals surface area contributed by atoms with E-state index in [1.165, 1.54) is 0 Å². The molecular formula is C8H16O2Si. The summed E-state index contributed by atoms with van der Waals surface area (Å²) in [4.78, 5) is 11.0. The minimum atomic E-state index is -0.317. The Kier molecular flexibility index (Phi) is 3.52. The van der Waals surface area contributed by atoms with E-state index >= 15 is 0 Å². The maximum Gasteiger partial charge on any atom is 0.333 e. The van der Waals surface area contributed by atoms with E-state index in [2.05, 4.69) is 13.1 Å². The van der Waals surface area contributed by atoms with Gasteiger partial charge in [-0.05, 0) is 20.8 Å². The Balaban J connectivity index is 4.04. The van der Waals surface area contributed by atoms with Gasteiger partial charge in [0, 0.05) is 5.57 Å². The van der Waals surface area contributed by atoms with E-state index in [0.717, 1.165) is 0 Å². The van der Waals surface area contributed by atoms with Crippen molar-refractivity contribution in [2.45, 2.75) is 32.5 Å². The Bertz CT molecular complexity index is 173. The fraction of sp³-hybridized carbons (Fsp3) is 0.625. The highest BCUT2D eigenvalue weighted by molar-refractivity contribution is 6.37. The van der Waals surface area contributed by atoms with Crippen molar-refractivity contribution >= 4 is 15.5 Å². The lowest BCUT2D eigenvalue weighted by atomic mass is 10.3. The van der Waals surface area contributed by atoms with Crippen LogP contribution in [-0.4, -0.2) is 20.7 Å². The summed E-state index contributed by atoms with van der Waals surface area (Å²) in [5, 5.41) is -0.226. The molecule has 0 saturated heterocycles. The molecule has 11 heavy (non-hydrogen) atoms. The zero-order valence-electron chi connectivity index (χ0n) is 7.73. The second-order valence-corrected chi connectivity index (χ2v) is 5.69. The molecule has 3 heteroatoms. The molecule has 0 spiro atoms. The third kappa shape index (κ3) is 3.98. The smallest absolute Gasteiger partial charge is 0.333 e. The van der Waals surface area contributed by atoms with Crippen LogP contribution in [0.1, 0.15) is 20.8 Å². The van der Waals surface area contributed by atoms with E-state index in [1.807, 2.05) is 13.8 Å². The van der Waals surface area contributed by atoms with Gasteiger partial charge in [-0.15, -0.1) is 0 Å². The molecule has 0 amide bonds. The maximum absolute atomic E-state index is 11.0. The summed E-state index contributed by atoms with van der Waals surface area (Å²) < 4.78 is 5.17. The Labute approximate surface area is 70.5 Å². The fourth-order valence-corrected chi connectivity index (χ4v) is 0.686. The molecule has 0 radical (unpaired) electrons. The molecule has 0 bridgehead atoms. The van der Waals surface area contributed by atoms with E-state index < -0.39 is 0 Å². The van der Waals surface area contributed by atoms with Crippen LogP contribution in [0.15, 0.2) is 12.2 Å². The minimum Gasteiger partial charge on any atom is -0.461 e. The molecule has 0 atom stereocenters. The van der Waals surface area contributed by atoms with Gasteiger partial charge in [0.1, 0.15) is 0 Å². The van der Waals surface area contributed by atoms with Crippen LogP contribution in [0.5, 0.6) is 0 Å². The first-order valence-electron chi connectivity index (χ1n) is 3.78.